The zero-order valence-electron chi connectivity index (χ0n) is 7.26. The lowest BCUT2D eigenvalue weighted by Gasteiger charge is -1.94. The van der Waals surface area contributed by atoms with Crippen molar-refractivity contribution in [3.8, 4) is 0 Å². The number of nitrogens with one attached hydrogen (secondary N) is 1. The molecule has 2 rings (SSSR count). The van der Waals surface area contributed by atoms with Crippen LogP contribution < -0.4 is 5.43 Å². The third-order valence-corrected chi connectivity index (χ3v) is 2.46. The number of aromatic amines is 1. The van der Waals surface area contributed by atoms with Gasteiger partial charge in [-0.25, -0.2) is 0 Å². The average molecular weight is 242 g/mol. The van der Waals surface area contributed by atoms with E-state index in [4.69, 9.17) is 0 Å². The Hall–Kier alpha value is -1.10. The third kappa shape index (κ3) is 1.19. The van der Waals surface area contributed by atoms with E-state index >= 15 is 0 Å². The summed E-state index contributed by atoms with van der Waals surface area (Å²) in [4.78, 5) is 14.6. The summed E-state index contributed by atoms with van der Waals surface area (Å²) in [6.07, 6.45) is 0. The number of aromatic nitrogens is 3. The van der Waals surface area contributed by atoms with E-state index in [1.807, 2.05) is 6.92 Å². The van der Waals surface area contributed by atoms with Gasteiger partial charge in [0.15, 0.2) is 4.60 Å². The number of aryl methyl sites for hydroxylation is 2. The molecule has 0 aliphatic heterocycles. The van der Waals surface area contributed by atoms with Crippen molar-refractivity contribution >= 4 is 27.0 Å². The van der Waals surface area contributed by atoms with Gasteiger partial charge in [0.25, 0.3) is 0 Å². The molecule has 0 aromatic carbocycles. The van der Waals surface area contributed by atoms with E-state index in [9.17, 15) is 4.79 Å². The number of H-pyrrole nitrogens is 1. The number of fused-ring (bicyclic) bond motifs is 1. The summed E-state index contributed by atoms with van der Waals surface area (Å²) in [6.45, 7) is 1.85. The van der Waals surface area contributed by atoms with Gasteiger partial charge in [0.2, 0.25) is 5.43 Å². The molecule has 0 saturated carbocycles. The van der Waals surface area contributed by atoms with Gasteiger partial charge >= 0.3 is 0 Å². The van der Waals surface area contributed by atoms with E-state index in [-0.39, 0.29) is 5.43 Å². The summed E-state index contributed by atoms with van der Waals surface area (Å²) in [6, 6.07) is 1.57. The van der Waals surface area contributed by atoms with Crippen LogP contribution >= 0.6 is 15.9 Å². The summed E-state index contributed by atoms with van der Waals surface area (Å²) >= 11 is 3.28. The van der Waals surface area contributed by atoms with Gasteiger partial charge in [-0.3, -0.25) is 9.48 Å². The van der Waals surface area contributed by atoms with Crippen LogP contribution in [0.3, 0.4) is 0 Å². The van der Waals surface area contributed by atoms with Crippen molar-refractivity contribution in [1.82, 2.24) is 14.8 Å². The quantitative estimate of drug-likeness (QED) is 0.757. The lowest BCUT2D eigenvalue weighted by atomic mass is 10.3. The van der Waals surface area contributed by atoms with Crippen LogP contribution in [-0.4, -0.2) is 14.8 Å². The zero-order chi connectivity index (χ0) is 9.59. The van der Waals surface area contributed by atoms with Crippen LogP contribution in [0.4, 0.5) is 0 Å². The van der Waals surface area contributed by atoms with E-state index in [0.29, 0.717) is 10.1 Å². The maximum absolute atomic E-state index is 11.5. The molecule has 0 saturated heterocycles. The molecule has 0 spiro atoms. The summed E-state index contributed by atoms with van der Waals surface area (Å²) in [5.41, 5.74) is 2.18. The maximum Gasteiger partial charge on any atom is 0.207 e. The SMILES string of the molecule is Cc1cc(=O)c2c([nH]1)c(Br)nn2C. The number of halogens is 1. The van der Waals surface area contributed by atoms with Crippen LogP contribution in [0.15, 0.2) is 15.5 Å². The zero-order valence-corrected chi connectivity index (χ0v) is 8.84. The Morgan fingerprint density at radius 1 is 1.62 bits per heavy atom. The van der Waals surface area contributed by atoms with Gasteiger partial charge < -0.3 is 4.98 Å². The highest BCUT2D eigenvalue weighted by atomic mass is 79.9. The summed E-state index contributed by atoms with van der Waals surface area (Å²) in [5.74, 6) is 0. The van der Waals surface area contributed by atoms with Crippen molar-refractivity contribution in [2.75, 3.05) is 0 Å². The molecule has 5 heteroatoms. The molecule has 0 aliphatic rings. The molecular weight excluding hydrogens is 234 g/mol. The third-order valence-electron chi connectivity index (χ3n) is 1.91. The molecule has 13 heavy (non-hydrogen) atoms. The molecule has 68 valence electrons. The van der Waals surface area contributed by atoms with Gasteiger partial charge in [0.05, 0.1) is 0 Å². The van der Waals surface area contributed by atoms with Crippen LogP contribution in [0.1, 0.15) is 5.69 Å². The van der Waals surface area contributed by atoms with Gasteiger partial charge in [0, 0.05) is 18.8 Å². The highest BCUT2D eigenvalue weighted by molar-refractivity contribution is 9.10. The summed E-state index contributed by atoms with van der Waals surface area (Å²) in [5, 5.41) is 4.09. The van der Waals surface area contributed by atoms with Crippen molar-refractivity contribution < 1.29 is 0 Å². The van der Waals surface area contributed by atoms with Crippen LogP contribution in [-0.2, 0) is 7.05 Å². The molecule has 0 radical (unpaired) electrons. The molecule has 0 fully saturated rings. The minimum atomic E-state index is -0.00745. The van der Waals surface area contributed by atoms with Crippen molar-refractivity contribution in [3.05, 3.63) is 26.6 Å². The Balaban J connectivity index is 3.06. The molecule has 0 unspecified atom stereocenters. The topological polar surface area (TPSA) is 50.7 Å². The number of nitrogens with zero attached hydrogens (tertiary/aromatic N) is 2. The molecule has 0 atom stereocenters. The first-order chi connectivity index (χ1) is 6.09. The second-order valence-electron chi connectivity index (χ2n) is 2.95. The van der Waals surface area contributed by atoms with Gasteiger partial charge in [-0.2, -0.15) is 5.10 Å². The first-order valence-electron chi connectivity index (χ1n) is 3.81. The molecule has 0 aliphatic carbocycles. The molecule has 2 aromatic heterocycles. The van der Waals surface area contributed by atoms with Crippen molar-refractivity contribution in [3.63, 3.8) is 0 Å². The Morgan fingerprint density at radius 3 is 3.00 bits per heavy atom. The Morgan fingerprint density at radius 2 is 2.31 bits per heavy atom. The second kappa shape index (κ2) is 2.70. The monoisotopic (exact) mass is 241 g/mol. The van der Waals surface area contributed by atoms with Crippen molar-refractivity contribution in [1.29, 1.82) is 0 Å². The lowest BCUT2D eigenvalue weighted by molar-refractivity contribution is 0.786. The molecule has 0 bridgehead atoms. The van der Waals surface area contributed by atoms with Crippen LogP contribution in [0.5, 0.6) is 0 Å². The van der Waals surface area contributed by atoms with Crippen molar-refractivity contribution in [2.45, 2.75) is 6.92 Å². The fraction of sp³-hybridized carbons (Fsp3) is 0.250. The minimum absolute atomic E-state index is 0.00745. The molecule has 2 aromatic rings. The van der Waals surface area contributed by atoms with E-state index in [1.54, 1.807) is 17.8 Å². The van der Waals surface area contributed by atoms with E-state index < -0.39 is 0 Å². The first kappa shape index (κ1) is 8.50. The standard InChI is InChI=1S/C8H8BrN3O/c1-4-3-5(13)7-6(10-4)8(9)11-12(7)2/h3H,1-2H3,(H,10,13). The predicted octanol–water partition coefficient (Wildman–Crippen LogP) is 1.33. The highest BCUT2D eigenvalue weighted by Gasteiger charge is 2.09. The Kier molecular flexibility index (Phi) is 1.76. The van der Waals surface area contributed by atoms with Crippen LogP contribution in [0, 0.1) is 6.92 Å². The minimum Gasteiger partial charge on any atom is -0.355 e. The number of rotatable bonds is 0. The van der Waals surface area contributed by atoms with Crippen LogP contribution in [0.25, 0.3) is 11.0 Å². The summed E-state index contributed by atoms with van der Waals surface area (Å²) in [7, 11) is 1.75. The highest BCUT2D eigenvalue weighted by Crippen LogP contribution is 2.17. The van der Waals surface area contributed by atoms with E-state index in [0.717, 1.165) is 11.2 Å². The fourth-order valence-corrected chi connectivity index (χ4v) is 1.91. The number of hydrogen-bond donors (Lipinski definition) is 1. The largest absolute Gasteiger partial charge is 0.355 e. The molecule has 1 N–H and O–H groups in total. The molecule has 2 heterocycles. The average Bonchev–Trinajstić information content (AvgIpc) is 2.27. The smallest absolute Gasteiger partial charge is 0.207 e. The lowest BCUT2D eigenvalue weighted by Crippen LogP contribution is -2.06. The van der Waals surface area contributed by atoms with Crippen molar-refractivity contribution in [2.24, 2.45) is 7.05 Å². The van der Waals surface area contributed by atoms with Gasteiger partial charge in [0.1, 0.15) is 11.0 Å². The molecule has 0 amide bonds. The van der Waals surface area contributed by atoms with E-state index in [2.05, 4.69) is 26.0 Å². The first-order valence-corrected chi connectivity index (χ1v) is 4.61. The maximum atomic E-state index is 11.5. The summed E-state index contributed by atoms with van der Waals surface area (Å²) < 4.78 is 2.24. The molecular formula is C8H8BrN3O. The van der Waals surface area contributed by atoms with Gasteiger partial charge in [-0.15, -0.1) is 0 Å². The normalized spacial score (nSPS) is 11.0. The van der Waals surface area contributed by atoms with E-state index in [1.165, 1.54) is 0 Å². The number of pyridine rings is 1. The van der Waals surface area contributed by atoms with Gasteiger partial charge in [-0.05, 0) is 22.9 Å². The van der Waals surface area contributed by atoms with Gasteiger partial charge in [-0.1, -0.05) is 0 Å². The van der Waals surface area contributed by atoms with Crippen LogP contribution in [0.2, 0.25) is 0 Å². The Labute approximate surface area is 82.7 Å². The predicted molar refractivity (Wildman–Crippen MR) is 53.8 cm³/mol. The Bertz CT molecular complexity index is 526. The number of hydrogen-bond acceptors (Lipinski definition) is 2. The fourth-order valence-electron chi connectivity index (χ4n) is 1.38. The second-order valence-corrected chi connectivity index (χ2v) is 3.71. The molecule has 4 nitrogen and oxygen atoms in total.